The van der Waals surface area contributed by atoms with Crippen molar-refractivity contribution in [3.05, 3.63) is 41.7 Å². The number of nitrogens with one attached hydrogen (secondary N) is 2. The Morgan fingerprint density at radius 3 is 2.46 bits per heavy atom. The lowest BCUT2D eigenvalue weighted by molar-refractivity contribution is -0.0503. The zero-order valence-electron chi connectivity index (χ0n) is 23.9. The van der Waals surface area contributed by atoms with E-state index in [2.05, 4.69) is 69.6 Å². The van der Waals surface area contributed by atoms with Crippen molar-refractivity contribution in [2.75, 3.05) is 30.7 Å². The normalized spacial score (nSPS) is 23.5. The van der Waals surface area contributed by atoms with Crippen molar-refractivity contribution < 1.29 is 61.4 Å². The van der Waals surface area contributed by atoms with Crippen molar-refractivity contribution in [1.29, 1.82) is 0 Å². The van der Waals surface area contributed by atoms with Crippen LogP contribution in [0.5, 0.6) is 0 Å². The Morgan fingerprint density at radius 1 is 1.00 bits per heavy atom. The van der Waals surface area contributed by atoms with Crippen molar-refractivity contribution >= 4 is 79.1 Å². The van der Waals surface area contributed by atoms with E-state index in [1.54, 1.807) is 12.4 Å². The molecule has 3 aromatic heterocycles. The summed E-state index contributed by atoms with van der Waals surface area (Å²) in [6, 6.07) is 3.90. The highest BCUT2D eigenvalue weighted by atomic mass is 79.9. The van der Waals surface area contributed by atoms with Crippen molar-refractivity contribution in [3.8, 4) is 0 Å². The van der Waals surface area contributed by atoms with Gasteiger partial charge in [0.2, 0.25) is 0 Å². The van der Waals surface area contributed by atoms with E-state index >= 15 is 0 Å². The third kappa shape index (κ3) is 8.75. The highest BCUT2D eigenvalue weighted by Crippen LogP contribution is 2.66. The number of aliphatic hydroxyl groups is 2. The number of nitrogens with two attached hydrogens (primary N) is 1. The highest BCUT2D eigenvalue weighted by molar-refractivity contribution is 9.10. The Balaban J connectivity index is 0.000000221. The van der Waals surface area contributed by atoms with Gasteiger partial charge in [0.15, 0.2) is 23.7 Å². The first kappa shape index (κ1) is 36.2. The zero-order valence-corrected chi connectivity index (χ0v) is 28.1. The van der Waals surface area contributed by atoms with E-state index in [1.165, 1.54) is 10.9 Å². The Kier molecular flexibility index (Phi) is 10.9. The molecule has 0 aliphatic carbocycles. The predicted molar refractivity (Wildman–Crippen MR) is 167 cm³/mol. The van der Waals surface area contributed by atoms with Gasteiger partial charge in [0.25, 0.3) is 0 Å². The maximum atomic E-state index is 11.8. The molecule has 0 radical (unpaired) electrons. The first-order valence-electron chi connectivity index (χ1n) is 13.2. The van der Waals surface area contributed by atoms with E-state index < -0.39 is 54.6 Å². The smallest absolute Gasteiger partial charge is 0.387 e. The molecule has 4 aromatic rings. The molecular weight excluding hydrogens is 773 g/mol. The lowest BCUT2D eigenvalue weighted by atomic mass is 10.1. The van der Waals surface area contributed by atoms with Gasteiger partial charge < -0.3 is 50.9 Å². The Hall–Kier alpha value is -3.05. The maximum Gasteiger partial charge on any atom is 0.490 e. The zero-order chi connectivity index (χ0) is 34.9. The second-order valence-corrected chi connectivity index (χ2v) is 14.9. The summed E-state index contributed by atoms with van der Waals surface area (Å²) in [6.45, 7) is 0.739. The minimum Gasteiger partial charge on any atom is -0.387 e. The van der Waals surface area contributed by atoms with Crippen molar-refractivity contribution in [2.24, 2.45) is 4.99 Å². The van der Waals surface area contributed by atoms with Crippen LogP contribution in [-0.4, -0.2) is 103 Å². The molecule has 48 heavy (non-hydrogen) atoms. The van der Waals surface area contributed by atoms with Crippen LogP contribution in [0.2, 0.25) is 0 Å². The molecule has 10 N–H and O–H groups in total. The molecule has 1 saturated heterocycles. The maximum absolute atomic E-state index is 11.8. The molecule has 27 heteroatoms. The van der Waals surface area contributed by atoms with Gasteiger partial charge >= 0.3 is 23.5 Å². The molecule has 0 amide bonds. The lowest BCUT2D eigenvalue weighted by Gasteiger charge is -2.19. The van der Waals surface area contributed by atoms with Gasteiger partial charge in [-0.1, -0.05) is 0 Å². The topological polar surface area (TPSA) is 341 Å². The SMILES string of the molecule is Brc1c(NC2=NCCN2)ccc2nccnc12.Nc1ncnc2c1ncn2[C@@H]1O[C@H](COP(=O)(O)OP(=O)(O)OP(=O)(O)O)[C@@H](O)[C@H]1O. The van der Waals surface area contributed by atoms with Crippen LogP contribution in [0.1, 0.15) is 6.23 Å². The van der Waals surface area contributed by atoms with Crippen LogP contribution >= 0.6 is 39.4 Å². The van der Waals surface area contributed by atoms with Gasteiger partial charge in [0.1, 0.15) is 35.7 Å². The van der Waals surface area contributed by atoms with Gasteiger partial charge in [-0.2, -0.15) is 8.62 Å². The van der Waals surface area contributed by atoms with Gasteiger partial charge in [-0.15, -0.1) is 0 Å². The molecule has 2 aliphatic heterocycles. The first-order valence-corrected chi connectivity index (χ1v) is 18.5. The average molecular weight is 799 g/mol. The Bertz CT molecular complexity index is 1980. The van der Waals surface area contributed by atoms with Crippen LogP contribution in [0, 0.1) is 0 Å². The van der Waals surface area contributed by atoms with Gasteiger partial charge in [-0.3, -0.25) is 24.1 Å². The molecule has 6 rings (SSSR count). The van der Waals surface area contributed by atoms with Crippen molar-refractivity contribution in [1.82, 2.24) is 34.8 Å². The number of benzene rings is 1. The van der Waals surface area contributed by atoms with Gasteiger partial charge in [0.05, 0.1) is 35.2 Å². The Morgan fingerprint density at radius 2 is 1.75 bits per heavy atom. The molecule has 5 heterocycles. The third-order valence-electron chi connectivity index (χ3n) is 6.32. The number of halogens is 1. The highest BCUT2D eigenvalue weighted by Gasteiger charge is 2.47. The summed E-state index contributed by atoms with van der Waals surface area (Å²) in [4.78, 5) is 60.1. The largest absolute Gasteiger partial charge is 0.490 e. The molecule has 1 aromatic carbocycles. The number of fused-ring (bicyclic) bond motifs is 2. The summed E-state index contributed by atoms with van der Waals surface area (Å²) in [7, 11) is -16.7. The van der Waals surface area contributed by atoms with Crippen molar-refractivity contribution in [3.63, 3.8) is 0 Å². The summed E-state index contributed by atoms with van der Waals surface area (Å²) >= 11 is 3.54. The minimum absolute atomic E-state index is 0.0426. The number of phosphoric ester groups is 1. The molecule has 1 fully saturated rings. The second kappa shape index (κ2) is 14.4. The summed E-state index contributed by atoms with van der Waals surface area (Å²) < 4.78 is 52.8. The fraction of sp³-hybridized carbons (Fsp3) is 0.333. The molecule has 0 bridgehead atoms. The number of imidazole rings is 1. The standard InChI is InChI=1S/C11H10BrN5.C10H16N5O13P3/c12-9-7(17-11-15-5-6-16-11)1-2-8-10(9)14-4-3-13-8;11-8-5-9(13-2-12-8)15(3-14-5)10-7(17)6(16)4(26-10)1-25-30(21,22)28-31(23,24)27-29(18,19)20/h1-4H,5-6H2,(H2,15,16,17);2-4,6-7,10,16-17H,1H2,(H,21,22)(H,23,24)(H2,11,12,13)(H2,18,19,20)/t;4-,6-,7-,10-/m.1/s1. The summed E-state index contributed by atoms with van der Waals surface area (Å²) in [5, 5.41) is 26.8. The predicted octanol–water partition coefficient (Wildman–Crippen LogP) is 0.134. The molecule has 0 spiro atoms. The number of hydrogen-bond donors (Lipinski definition) is 9. The van der Waals surface area contributed by atoms with Crippen LogP contribution in [0.4, 0.5) is 11.5 Å². The van der Waals surface area contributed by atoms with Crippen molar-refractivity contribution in [2.45, 2.75) is 24.5 Å². The lowest BCUT2D eigenvalue weighted by Crippen LogP contribution is -2.33. The van der Waals surface area contributed by atoms with E-state index in [4.69, 9.17) is 25.2 Å². The fourth-order valence-electron chi connectivity index (χ4n) is 4.33. The van der Waals surface area contributed by atoms with E-state index in [9.17, 15) is 28.8 Å². The summed E-state index contributed by atoms with van der Waals surface area (Å²) in [5.41, 5.74) is 8.65. The minimum atomic E-state index is -5.70. The number of aliphatic hydroxyl groups excluding tert-OH is 2. The van der Waals surface area contributed by atoms with Gasteiger partial charge in [-0.05, 0) is 28.1 Å². The molecule has 0 saturated carbocycles. The molecular formula is C21H26BrN10O13P3. The number of aliphatic imine (C=N–C) groups is 1. The molecule has 6 atom stereocenters. The van der Waals surface area contributed by atoms with Gasteiger partial charge in [-0.25, -0.2) is 28.6 Å². The molecule has 2 aliphatic rings. The number of hydrogen-bond acceptors (Lipinski definition) is 18. The van der Waals surface area contributed by atoms with Crippen LogP contribution in [-0.2, 0) is 31.6 Å². The number of nitrogen functional groups attached to an aromatic ring is 1. The number of guanidine groups is 1. The van der Waals surface area contributed by atoms with E-state index in [0.717, 1.165) is 46.6 Å². The van der Waals surface area contributed by atoms with Crippen LogP contribution in [0.15, 0.2) is 46.6 Å². The van der Waals surface area contributed by atoms with Crippen LogP contribution in [0.3, 0.4) is 0 Å². The quantitative estimate of drug-likeness (QED) is 0.102. The number of aromatic nitrogens is 6. The summed E-state index contributed by atoms with van der Waals surface area (Å²) in [5.74, 6) is 0.843. The average Bonchev–Trinajstić information content (AvgIpc) is 3.73. The third-order valence-corrected chi connectivity index (χ3v) is 10.9. The number of ether oxygens (including phenoxy) is 1. The number of phosphoric acid groups is 3. The monoisotopic (exact) mass is 798 g/mol. The molecule has 260 valence electrons. The van der Waals surface area contributed by atoms with Crippen LogP contribution < -0.4 is 16.4 Å². The number of nitrogens with zero attached hydrogens (tertiary/aromatic N) is 7. The molecule has 2 unspecified atom stereocenters. The fourth-order valence-corrected chi connectivity index (χ4v) is 7.90. The second-order valence-electron chi connectivity index (χ2n) is 9.65. The van der Waals surface area contributed by atoms with Crippen LogP contribution in [0.25, 0.3) is 22.2 Å². The number of rotatable bonds is 9. The number of anilines is 2. The Labute approximate surface area is 276 Å². The van der Waals surface area contributed by atoms with E-state index in [1.807, 2.05) is 12.1 Å². The van der Waals surface area contributed by atoms with E-state index in [-0.39, 0.29) is 17.0 Å². The van der Waals surface area contributed by atoms with E-state index in [0.29, 0.717) is 0 Å². The van der Waals surface area contributed by atoms with Gasteiger partial charge in [0, 0.05) is 18.9 Å². The first-order chi connectivity index (χ1) is 22.5. The molecule has 23 nitrogen and oxygen atoms in total. The summed E-state index contributed by atoms with van der Waals surface area (Å²) in [6.07, 6.45) is -0.323.